The number of benzene rings is 2. The second kappa shape index (κ2) is 8.35. The molecule has 2 N–H and O–H groups in total. The Morgan fingerprint density at radius 2 is 1.94 bits per heavy atom. The van der Waals surface area contributed by atoms with Gasteiger partial charge >= 0.3 is 5.69 Å². The number of halogens is 1. The molecule has 0 saturated heterocycles. The van der Waals surface area contributed by atoms with Crippen molar-refractivity contribution in [3.63, 3.8) is 0 Å². The lowest BCUT2D eigenvalue weighted by Gasteiger charge is -2.06. The van der Waals surface area contributed by atoms with Gasteiger partial charge in [0.05, 0.1) is 18.6 Å². The highest BCUT2D eigenvalue weighted by atomic mass is 19.1. The quantitative estimate of drug-likeness (QED) is 0.480. The van der Waals surface area contributed by atoms with Crippen LogP contribution in [0.25, 0.3) is 28.2 Å². The molecule has 0 bridgehead atoms. The molecular weight excluding hydrogens is 411 g/mol. The van der Waals surface area contributed by atoms with E-state index in [-0.39, 0.29) is 24.4 Å². The maximum atomic E-state index is 12.8. The molecule has 162 valence electrons. The van der Waals surface area contributed by atoms with Gasteiger partial charge in [0.15, 0.2) is 0 Å². The van der Waals surface area contributed by atoms with Gasteiger partial charge in [-0.3, -0.25) is 0 Å². The lowest BCUT2D eigenvalue weighted by atomic mass is 10.0. The van der Waals surface area contributed by atoms with Crippen LogP contribution in [-0.4, -0.2) is 31.0 Å². The number of nitrogens with zero attached hydrogens (tertiary/aromatic N) is 5. The average Bonchev–Trinajstić information content (AvgIpc) is 3.46. The van der Waals surface area contributed by atoms with Crippen molar-refractivity contribution in [3.8, 4) is 28.2 Å². The molecule has 0 aliphatic heterocycles. The van der Waals surface area contributed by atoms with E-state index in [2.05, 4.69) is 15.2 Å². The van der Waals surface area contributed by atoms with Crippen LogP contribution in [0.3, 0.4) is 0 Å². The average molecular weight is 432 g/mol. The summed E-state index contributed by atoms with van der Waals surface area (Å²) in [6.07, 6.45) is 4.06. The first-order chi connectivity index (χ1) is 15.7. The Bertz CT molecular complexity index is 1330. The van der Waals surface area contributed by atoms with Crippen molar-refractivity contribution in [2.75, 3.05) is 6.54 Å². The summed E-state index contributed by atoms with van der Waals surface area (Å²) in [6.45, 7) is 0.0333. The summed E-state index contributed by atoms with van der Waals surface area (Å²) in [5, 5.41) is 8.16. The van der Waals surface area contributed by atoms with Crippen LogP contribution in [0.1, 0.15) is 24.7 Å². The molecular formula is C23H21FN6O2. The Morgan fingerprint density at radius 1 is 1.16 bits per heavy atom. The number of nitrogens with two attached hydrogens (primary N) is 1. The summed E-state index contributed by atoms with van der Waals surface area (Å²) < 4.78 is 20.8. The fraction of sp³-hybridized carbons (Fsp3) is 0.217. The van der Waals surface area contributed by atoms with Crippen molar-refractivity contribution in [1.82, 2.24) is 24.5 Å². The maximum Gasteiger partial charge on any atom is 0.350 e. The first kappa shape index (κ1) is 20.1. The molecule has 2 aromatic carbocycles. The summed E-state index contributed by atoms with van der Waals surface area (Å²) in [6, 6.07) is 15.4. The Labute approximate surface area is 182 Å². The predicted octanol–water partition coefficient (Wildman–Crippen LogP) is 3.44. The third-order valence-corrected chi connectivity index (χ3v) is 5.47. The maximum absolute atomic E-state index is 12.8. The smallest absolute Gasteiger partial charge is 0.339 e. The summed E-state index contributed by atoms with van der Waals surface area (Å²) >= 11 is 0. The minimum atomic E-state index is -0.367. The van der Waals surface area contributed by atoms with E-state index >= 15 is 0 Å². The molecule has 32 heavy (non-hydrogen) atoms. The molecule has 1 fully saturated rings. The Balaban J connectivity index is 1.39. The summed E-state index contributed by atoms with van der Waals surface area (Å²) in [5.41, 5.74) is 8.86. The molecule has 0 spiro atoms. The van der Waals surface area contributed by atoms with Gasteiger partial charge in [-0.1, -0.05) is 41.6 Å². The summed E-state index contributed by atoms with van der Waals surface area (Å²) in [5.74, 6) is 1.72. The van der Waals surface area contributed by atoms with Crippen LogP contribution in [0.5, 0.6) is 0 Å². The van der Waals surface area contributed by atoms with E-state index < -0.39 is 0 Å². The van der Waals surface area contributed by atoms with E-state index in [1.807, 2.05) is 48.5 Å². The molecule has 0 radical (unpaired) electrons. The van der Waals surface area contributed by atoms with Gasteiger partial charge in [-0.15, -0.1) is 0 Å². The number of rotatable bonds is 7. The zero-order valence-corrected chi connectivity index (χ0v) is 17.2. The summed E-state index contributed by atoms with van der Waals surface area (Å²) in [7, 11) is 0. The van der Waals surface area contributed by atoms with Crippen molar-refractivity contribution >= 4 is 0 Å². The molecule has 0 amide bonds. The molecule has 5 rings (SSSR count). The van der Waals surface area contributed by atoms with Crippen molar-refractivity contribution in [2.24, 2.45) is 5.73 Å². The molecule has 0 atom stereocenters. The first-order valence-corrected chi connectivity index (χ1v) is 10.3. The minimum absolute atomic E-state index is 0.0124. The Morgan fingerprint density at radius 3 is 2.66 bits per heavy atom. The van der Waals surface area contributed by atoms with E-state index in [0.29, 0.717) is 29.7 Å². The van der Waals surface area contributed by atoms with Crippen LogP contribution in [0, 0.1) is 0 Å². The van der Waals surface area contributed by atoms with E-state index in [1.165, 1.54) is 15.6 Å². The molecule has 2 aromatic heterocycles. The summed E-state index contributed by atoms with van der Waals surface area (Å²) in [4.78, 5) is 17.2. The van der Waals surface area contributed by atoms with Crippen LogP contribution in [0.15, 0.2) is 76.1 Å². The number of hydrogen-bond acceptors (Lipinski definition) is 6. The van der Waals surface area contributed by atoms with Crippen LogP contribution in [0.2, 0.25) is 0 Å². The Hall–Kier alpha value is -3.85. The monoisotopic (exact) mass is 432 g/mol. The second-order valence-corrected chi connectivity index (χ2v) is 7.77. The normalized spacial score (nSPS) is 14.1. The molecule has 1 aliphatic rings. The van der Waals surface area contributed by atoms with Gasteiger partial charge < -0.3 is 10.3 Å². The van der Waals surface area contributed by atoms with Crippen molar-refractivity contribution in [3.05, 3.63) is 83.1 Å². The van der Waals surface area contributed by atoms with Gasteiger partial charge in [0, 0.05) is 18.0 Å². The topological polar surface area (TPSA) is 105 Å². The molecule has 9 heteroatoms. The third-order valence-electron chi connectivity index (χ3n) is 5.47. The molecule has 2 heterocycles. The third kappa shape index (κ3) is 3.90. The van der Waals surface area contributed by atoms with E-state index in [1.54, 1.807) is 0 Å². The zero-order valence-electron chi connectivity index (χ0n) is 17.2. The lowest BCUT2D eigenvalue weighted by Crippen LogP contribution is -2.25. The fourth-order valence-electron chi connectivity index (χ4n) is 3.45. The standard InChI is InChI=1S/C23H21FN6O2/c24-11-15(12-25)13-30-23(31)29(14-26-30)20-3-1-2-19(10-20)16-4-6-17(7-5-16)21-27-22(32-28-21)18-8-9-18/h1-7,10-11,14,18H,8-9,12-13,25H2/b15-11+. The zero-order chi connectivity index (χ0) is 22.1. The van der Waals surface area contributed by atoms with Gasteiger partial charge in [-0.25, -0.2) is 18.4 Å². The first-order valence-electron chi connectivity index (χ1n) is 10.3. The molecule has 0 unspecified atom stereocenters. The molecule has 8 nitrogen and oxygen atoms in total. The van der Waals surface area contributed by atoms with Gasteiger partial charge in [-0.05, 0) is 41.7 Å². The van der Waals surface area contributed by atoms with Crippen LogP contribution in [0.4, 0.5) is 4.39 Å². The van der Waals surface area contributed by atoms with Crippen molar-refractivity contribution in [1.29, 1.82) is 0 Å². The van der Waals surface area contributed by atoms with E-state index in [9.17, 15) is 9.18 Å². The molecule has 1 aliphatic carbocycles. The highest BCUT2D eigenvalue weighted by molar-refractivity contribution is 5.69. The van der Waals surface area contributed by atoms with Crippen molar-refractivity contribution < 1.29 is 8.91 Å². The largest absolute Gasteiger partial charge is 0.350 e. The molecule has 4 aromatic rings. The second-order valence-electron chi connectivity index (χ2n) is 7.77. The number of aromatic nitrogens is 5. The Kier molecular flexibility index (Phi) is 5.24. The van der Waals surface area contributed by atoms with E-state index in [4.69, 9.17) is 10.3 Å². The number of hydrogen-bond donors (Lipinski definition) is 1. The van der Waals surface area contributed by atoms with Crippen LogP contribution in [-0.2, 0) is 6.54 Å². The predicted molar refractivity (Wildman–Crippen MR) is 117 cm³/mol. The highest BCUT2D eigenvalue weighted by Crippen LogP contribution is 2.39. The minimum Gasteiger partial charge on any atom is -0.339 e. The van der Waals surface area contributed by atoms with E-state index in [0.717, 1.165) is 29.5 Å². The fourth-order valence-corrected chi connectivity index (χ4v) is 3.45. The highest BCUT2D eigenvalue weighted by Gasteiger charge is 2.29. The van der Waals surface area contributed by atoms with Crippen LogP contribution >= 0.6 is 0 Å². The lowest BCUT2D eigenvalue weighted by molar-refractivity contribution is 0.380. The van der Waals surface area contributed by atoms with Crippen LogP contribution < -0.4 is 11.4 Å². The van der Waals surface area contributed by atoms with Gasteiger partial charge in [0.2, 0.25) is 11.7 Å². The van der Waals surface area contributed by atoms with Crippen molar-refractivity contribution in [2.45, 2.75) is 25.3 Å². The SMILES string of the molecule is NC/C(=C\F)Cn1ncn(-c2cccc(-c3ccc(-c4noc(C5CC5)n4)cc3)c2)c1=O. The van der Waals surface area contributed by atoms with Gasteiger partial charge in [-0.2, -0.15) is 10.1 Å². The molecule has 1 saturated carbocycles. The van der Waals surface area contributed by atoms with Gasteiger partial charge in [0.25, 0.3) is 0 Å². The van der Waals surface area contributed by atoms with Gasteiger partial charge in [0.1, 0.15) is 6.33 Å².